The molecule has 0 spiro atoms. The lowest BCUT2D eigenvalue weighted by molar-refractivity contribution is -0.119. The average molecular weight is 440 g/mol. The van der Waals surface area contributed by atoms with Crippen LogP contribution in [0.25, 0.3) is 5.57 Å². The summed E-state index contributed by atoms with van der Waals surface area (Å²) >= 11 is 13.5. The van der Waals surface area contributed by atoms with E-state index in [1.807, 2.05) is 37.3 Å². The number of hydrogen-bond acceptors (Lipinski definition) is 3. The molecule has 1 heterocycles. The number of amides is 2. The van der Waals surface area contributed by atoms with Gasteiger partial charge in [0.25, 0.3) is 11.8 Å². The van der Waals surface area contributed by atoms with Gasteiger partial charge in [0.1, 0.15) is 0 Å². The van der Waals surface area contributed by atoms with Crippen LogP contribution < -0.4 is 4.90 Å². The van der Waals surface area contributed by atoms with E-state index in [2.05, 4.69) is 0 Å². The summed E-state index contributed by atoms with van der Waals surface area (Å²) in [5.74, 6) is -0.746. The van der Waals surface area contributed by atoms with Gasteiger partial charge in [-0.2, -0.15) is 0 Å². The van der Waals surface area contributed by atoms with E-state index in [-0.39, 0.29) is 11.8 Å². The summed E-state index contributed by atoms with van der Waals surface area (Å²) in [6, 6.07) is 21.6. The highest BCUT2D eigenvalue weighted by atomic mass is 35.5. The first-order chi connectivity index (χ1) is 14.0. The zero-order valence-corrected chi connectivity index (χ0v) is 17.7. The highest BCUT2D eigenvalue weighted by molar-refractivity contribution is 8.04. The van der Waals surface area contributed by atoms with E-state index in [9.17, 15) is 9.59 Å². The van der Waals surface area contributed by atoms with Crippen molar-refractivity contribution in [1.29, 1.82) is 0 Å². The maximum atomic E-state index is 13.4. The number of imide groups is 1. The fraction of sp³-hybridized carbons (Fsp3) is 0.0435. The lowest BCUT2D eigenvalue weighted by Crippen LogP contribution is -2.31. The van der Waals surface area contributed by atoms with Crippen LogP contribution in [0.5, 0.6) is 0 Å². The minimum Gasteiger partial charge on any atom is -0.268 e. The maximum Gasteiger partial charge on any atom is 0.272 e. The van der Waals surface area contributed by atoms with E-state index < -0.39 is 0 Å². The zero-order chi connectivity index (χ0) is 20.5. The molecule has 144 valence electrons. The van der Waals surface area contributed by atoms with Gasteiger partial charge in [-0.05, 0) is 54.4 Å². The van der Waals surface area contributed by atoms with Crippen LogP contribution in [-0.2, 0) is 9.59 Å². The molecule has 4 rings (SSSR count). The molecule has 0 bridgehead atoms. The Morgan fingerprint density at radius 2 is 1.52 bits per heavy atom. The second kappa shape index (κ2) is 8.07. The Labute approximate surface area is 182 Å². The second-order valence-corrected chi connectivity index (χ2v) is 8.43. The topological polar surface area (TPSA) is 37.4 Å². The van der Waals surface area contributed by atoms with Crippen molar-refractivity contribution in [3.63, 3.8) is 0 Å². The van der Waals surface area contributed by atoms with Gasteiger partial charge >= 0.3 is 0 Å². The standard InChI is InChI=1S/C23H15Cl2NO2S/c1-14-7-12-17(13-19(14)25)26-22(27)20(15-8-10-16(24)11-9-15)21(23(26)28)29-18-5-3-2-4-6-18/h2-13H,1H3. The number of rotatable bonds is 4. The first-order valence-electron chi connectivity index (χ1n) is 8.84. The predicted octanol–water partition coefficient (Wildman–Crippen LogP) is 6.38. The molecule has 0 fully saturated rings. The van der Waals surface area contributed by atoms with Crippen LogP contribution in [0.2, 0.25) is 10.0 Å². The number of hydrogen-bond donors (Lipinski definition) is 0. The molecule has 2 amide bonds. The Morgan fingerprint density at radius 3 is 2.17 bits per heavy atom. The van der Waals surface area contributed by atoms with E-state index in [1.165, 1.54) is 16.7 Å². The molecule has 29 heavy (non-hydrogen) atoms. The Kier molecular flexibility index (Phi) is 5.50. The van der Waals surface area contributed by atoms with E-state index in [4.69, 9.17) is 23.2 Å². The minimum atomic E-state index is -0.379. The van der Waals surface area contributed by atoms with E-state index in [1.54, 1.807) is 42.5 Å². The van der Waals surface area contributed by atoms with Gasteiger partial charge in [-0.25, -0.2) is 4.90 Å². The summed E-state index contributed by atoms with van der Waals surface area (Å²) in [6.45, 7) is 1.87. The van der Waals surface area contributed by atoms with Gasteiger partial charge < -0.3 is 0 Å². The average Bonchev–Trinajstić information content (AvgIpc) is 2.95. The van der Waals surface area contributed by atoms with E-state index >= 15 is 0 Å². The maximum absolute atomic E-state index is 13.4. The minimum absolute atomic E-state index is 0.359. The molecule has 0 saturated heterocycles. The fourth-order valence-corrected chi connectivity index (χ4v) is 4.35. The van der Waals surface area contributed by atoms with Crippen molar-refractivity contribution >= 4 is 58.0 Å². The largest absolute Gasteiger partial charge is 0.272 e. The van der Waals surface area contributed by atoms with Crippen LogP contribution in [-0.4, -0.2) is 11.8 Å². The van der Waals surface area contributed by atoms with Gasteiger partial charge in [-0.1, -0.05) is 71.4 Å². The number of nitrogens with zero attached hydrogens (tertiary/aromatic N) is 1. The van der Waals surface area contributed by atoms with Crippen molar-refractivity contribution in [2.24, 2.45) is 0 Å². The smallest absolute Gasteiger partial charge is 0.268 e. The Hall–Kier alpha value is -2.53. The molecule has 3 aromatic rings. The van der Waals surface area contributed by atoms with Crippen molar-refractivity contribution in [3.05, 3.63) is 98.9 Å². The molecule has 6 heteroatoms. The Bertz CT molecular complexity index is 1140. The van der Waals surface area contributed by atoms with Crippen molar-refractivity contribution in [2.45, 2.75) is 11.8 Å². The summed E-state index contributed by atoms with van der Waals surface area (Å²) in [5.41, 5.74) is 2.33. The molecule has 1 aliphatic heterocycles. The fourth-order valence-electron chi connectivity index (χ4n) is 3.04. The van der Waals surface area contributed by atoms with Gasteiger partial charge in [0.15, 0.2) is 0 Å². The normalized spacial score (nSPS) is 14.1. The zero-order valence-electron chi connectivity index (χ0n) is 15.4. The summed E-state index contributed by atoms with van der Waals surface area (Å²) in [7, 11) is 0. The molecule has 0 unspecified atom stereocenters. The van der Waals surface area contributed by atoms with E-state index in [0.717, 1.165) is 10.5 Å². The van der Waals surface area contributed by atoms with Crippen LogP contribution in [0.1, 0.15) is 11.1 Å². The van der Waals surface area contributed by atoms with Crippen LogP contribution >= 0.6 is 35.0 Å². The summed E-state index contributed by atoms with van der Waals surface area (Å²) < 4.78 is 0. The number of aryl methyl sites for hydroxylation is 1. The molecule has 1 aliphatic rings. The van der Waals surface area contributed by atoms with Crippen LogP contribution in [0.4, 0.5) is 5.69 Å². The molecule has 0 aromatic heterocycles. The molecular weight excluding hydrogens is 425 g/mol. The third kappa shape index (κ3) is 3.84. The number of thioether (sulfide) groups is 1. The lowest BCUT2D eigenvalue weighted by atomic mass is 10.1. The lowest BCUT2D eigenvalue weighted by Gasteiger charge is -2.16. The molecule has 0 atom stereocenters. The molecule has 0 aliphatic carbocycles. The van der Waals surface area contributed by atoms with Gasteiger partial charge in [0.2, 0.25) is 0 Å². The van der Waals surface area contributed by atoms with Crippen LogP contribution in [0, 0.1) is 6.92 Å². The predicted molar refractivity (Wildman–Crippen MR) is 119 cm³/mol. The number of halogens is 2. The number of anilines is 1. The summed E-state index contributed by atoms with van der Waals surface area (Å²) in [4.78, 5) is 29.1. The molecule has 0 radical (unpaired) electrons. The third-order valence-corrected chi connectivity index (χ3v) is 6.30. The summed E-state index contributed by atoms with van der Waals surface area (Å²) in [6.07, 6.45) is 0. The van der Waals surface area contributed by atoms with Crippen LogP contribution in [0.15, 0.2) is 82.6 Å². The number of benzene rings is 3. The second-order valence-electron chi connectivity index (χ2n) is 6.51. The molecule has 0 N–H and O–H groups in total. The SMILES string of the molecule is Cc1ccc(N2C(=O)C(Sc3ccccc3)=C(c3ccc(Cl)cc3)C2=O)cc1Cl. The Morgan fingerprint density at radius 1 is 0.828 bits per heavy atom. The highest BCUT2D eigenvalue weighted by Gasteiger charge is 2.40. The van der Waals surface area contributed by atoms with Crippen molar-refractivity contribution in [3.8, 4) is 0 Å². The van der Waals surface area contributed by atoms with Gasteiger partial charge in [0, 0.05) is 14.9 Å². The first-order valence-corrected chi connectivity index (χ1v) is 10.4. The quantitative estimate of drug-likeness (QED) is 0.442. The van der Waals surface area contributed by atoms with Crippen molar-refractivity contribution in [1.82, 2.24) is 0 Å². The van der Waals surface area contributed by atoms with Crippen LogP contribution in [0.3, 0.4) is 0 Å². The van der Waals surface area contributed by atoms with Gasteiger partial charge in [-0.15, -0.1) is 0 Å². The third-order valence-electron chi connectivity index (χ3n) is 4.55. The van der Waals surface area contributed by atoms with E-state index in [0.29, 0.717) is 31.8 Å². The molecular formula is C23H15Cl2NO2S. The monoisotopic (exact) mass is 439 g/mol. The van der Waals surface area contributed by atoms with Crippen molar-refractivity contribution < 1.29 is 9.59 Å². The molecule has 3 aromatic carbocycles. The Balaban J connectivity index is 1.83. The molecule has 3 nitrogen and oxygen atoms in total. The number of carbonyl (C=O) groups is 2. The first kappa shape index (κ1) is 19.8. The van der Waals surface area contributed by atoms with Gasteiger partial charge in [-0.3, -0.25) is 9.59 Å². The number of carbonyl (C=O) groups excluding carboxylic acids is 2. The van der Waals surface area contributed by atoms with Gasteiger partial charge in [0.05, 0.1) is 16.2 Å². The highest BCUT2D eigenvalue weighted by Crippen LogP contribution is 2.42. The molecule has 0 saturated carbocycles. The van der Waals surface area contributed by atoms with Crippen molar-refractivity contribution in [2.75, 3.05) is 4.90 Å². The summed E-state index contributed by atoms with van der Waals surface area (Å²) in [5, 5.41) is 1.06.